The van der Waals surface area contributed by atoms with Crippen LogP contribution in [-0.2, 0) is 0 Å². The quantitative estimate of drug-likeness (QED) is 0.468. The molecule has 0 atom stereocenters. The summed E-state index contributed by atoms with van der Waals surface area (Å²) in [5.41, 5.74) is 0.491. The van der Waals surface area contributed by atoms with E-state index in [-0.39, 0.29) is 12.3 Å². The number of aromatic carboxylic acids is 1. The number of fused-ring (bicyclic) bond motifs is 1. The molecular formula is C17H20N8O3. The molecule has 11 nitrogen and oxygen atoms in total. The maximum Gasteiger partial charge on any atom is 0.352 e. The Morgan fingerprint density at radius 3 is 2.71 bits per heavy atom. The van der Waals surface area contributed by atoms with Crippen molar-refractivity contribution in [3.8, 4) is 0 Å². The van der Waals surface area contributed by atoms with Gasteiger partial charge in [0.15, 0.2) is 11.6 Å². The van der Waals surface area contributed by atoms with E-state index in [1.165, 1.54) is 6.07 Å². The number of carboxylic acid groups (broad SMARTS) is 1. The van der Waals surface area contributed by atoms with E-state index in [9.17, 15) is 4.79 Å². The molecule has 0 saturated carbocycles. The number of carboxylic acids is 1. The van der Waals surface area contributed by atoms with Gasteiger partial charge in [-0.3, -0.25) is 4.90 Å². The number of carbonyl (C=O) groups is 1. The third kappa shape index (κ3) is 3.85. The maximum absolute atomic E-state index is 11.0. The fourth-order valence-corrected chi connectivity index (χ4v) is 3.11. The van der Waals surface area contributed by atoms with Crippen LogP contribution in [0.15, 0.2) is 24.4 Å². The van der Waals surface area contributed by atoms with Crippen LogP contribution in [0.3, 0.4) is 0 Å². The zero-order chi connectivity index (χ0) is 19.5. The van der Waals surface area contributed by atoms with Crippen LogP contribution in [0.4, 0.5) is 17.6 Å². The van der Waals surface area contributed by atoms with E-state index in [1.807, 2.05) is 6.07 Å². The number of aliphatic hydroxyl groups is 1. The summed E-state index contributed by atoms with van der Waals surface area (Å²) >= 11 is 0. The summed E-state index contributed by atoms with van der Waals surface area (Å²) in [7, 11) is 0. The highest BCUT2D eigenvalue weighted by atomic mass is 16.4. The molecule has 0 spiro atoms. The second-order valence-electron chi connectivity index (χ2n) is 6.44. The number of β-amino-alcohol motifs (C(OH)–C–C–N with tert-alkyl or cyclic N) is 1. The van der Waals surface area contributed by atoms with E-state index in [4.69, 9.17) is 10.2 Å². The van der Waals surface area contributed by atoms with Crippen LogP contribution in [0.5, 0.6) is 0 Å². The van der Waals surface area contributed by atoms with E-state index in [0.29, 0.717) is 29.3 Å². The van der Waals surface area contributed by atoms with Gasteiger partial charge in [0.05, 0.1) is 6.61 Å². The van der Waals surface area contributed by atoms with Crippen molar-refractivity contribution in [2.24, 2.45) is 0 Å². The molecule has 1 aliphatic rings. The minimum atomic E-state index is -1.05. The van der Waals surface area contributed by atoms with Crippen molar-refractivity contribution in [2.75, 3.05) is 49.5 Å². The molecule has 0 amide bonds. The molecule has 0 unspecified atom stereocenters. The van der Waals surface area contributed by atoms with E-state index in [2.05, 4.69) is 40.3 Å². The molecule has 1 aliphatic heterocycles. The SMILES string of the molecule is O=C(O)c1cc2cnc(Nc3ccc(N4CCN(CCO)CC4)nn3)nc2[nH]1. The summed E-state index contributed by atoms with van der Waals surface area (Å²) < 4.78 is 0. The van der Waals surface area contributed by atoms with E-state index in [0.717, 1.165) is 32.0 Å². The predicted octanol–water partition coefficient (Wildman–Crippen LogP) is 0.304. The molecule has 0 radical (unpaired) electrons. The van der Waals surface area contributed by atoms with Crippen LogP contribution in [0, 0.1) is 0 Å². The molecule has 28 heavy (non-hydrogen) atoms. The zero-order valence-corrected chi connectivity index (χ0v) is 15.0. The Balaban J connectivity index is 1.42. The normalized spacial score (nSPS) is 15.1. The van der Waals surface area contributed by atoms with E-state index >= 15 is 0 Å². The van der Waals surface area contributed by atoms with Crippen molar-refractivity contribution in [3.05, 3.63) is 30.1 Å². The number of piperazine rings is 1. The molecule has 1 fully saturated rings. The van der Waals surface area contributed by atoms with Crippen molar-refractivity contribution in [1.82, 2.24) is 30.0 Å². The average molecular weight is 384 g/mol. The minimum absolute atomic E-state index is 0.0599. The number of nitrogens with one attached hydrogen (secondary N) is 2. The number of anilines is 3. The van der Waals surface area contributed by atoms with Crippen LogP contribution < -0.4 is 10.2 Å². The molecule has 146 valence electrons. The van der Waals surface area contributed by atoms with Crippen molar-refractivity contribution >= 4 is 34.6 Å². The third-order valence-electron chi connectivity index (χ3n) is 4.60. The van der Waals surface area contributed by atoms with Crippen molar-refractivity contribution in [1.29, 1.82) is 0 Å². The Labute approximate surface area is 160 Å². The topological polar surface area (TPSA) is 143 Å². The van der Waals surface area contributed by atoms with Crippen LogP contribution in [0.2, 0.25) is 0 Å². The van der Waals surface area contributed by atoms with Gasteiger partial charge in [0.1, 0.15) is 11.3 Å². The summed E-state index contributed by atoms with van der Waals surface area (Å²) in [5.74, 6) is 0.533. The lowest BCUT2D eigenvalue weighted by Gasteiger charge is -2.34. The Kier molecular flexibility index (Phi) is 5.00. The fraction of sp³-hybridized carbons (Fsp3) is 0.353. The zero-order valence-electron chi connectivity index (χ0n) is 15.0. The summed E-state index contributed by atoms with van der Waals surface area (Å²) in [6.45, 7) is 4.30. The van der Waals surface area contributed by atoms with Gasteiger partial charge in [-0.25, -0.2) is 9.78 Å². The number of hydrogen-bond donors (Lipinski definition) is 4. The van der Waals surface area contributed by atoms with Gasteiger partial charge in [-0.1, -0.05) is 0 Å². The Morgan fingerprint density at radius 1 is 1.21 bits per heavy atom. The van der Waals surface area contributed by atoms with Crippen LogP contribution in [-0.4, -0.2) is 85.6 Å². The van der Waals surface area contributed by atoms with Crippen LogP contribution in [0.25, 0.3) is 11.0 Å². The molecule has 1 saturated heterocycles. The Hall–Kier alpha value is -3.31. The number of H-pyrrole nitrogens is 1. The molecule has 0 bridgehead atoms. The molecule has 4 heterocycles. The number of aromatic amines is 1. The van der Waals surface area contributed by atoms with E-state index in [1.54, 1.807) is 12.3 Å². The number of aromatic nitrogens is 5. The predicted molar refractivity (Wildman–Crippen MR) is 102 cm³/mol. The minimum Gasteiger partial charge on any atom is -0.477 e. The smallest absolute Gasteiger partial charge is 0.352 e. The first kappa shape index (κ1) is 18.1. The van der Waals surface area contributed by atoms with E-state index < -0.39 is 5.97 Å². The fourth-order valence-electron chi connectivity index (χ4n) is 3.11. The summed E-state index contributed by atoms with van der Waals surface area (Å²) in [4.78, 5) is 26.6. The number of rotatable bonds is 6. The molecule has 3 aromatic rings. The lowest BCUT2D eigenvalue weighted by molar-refractivity contribution is 0.0691. The second-order valence-corrected chi connectivity index (χ2v) is 6.44. The number of aliphatic hydroxyl groups excluding tert-OH is 1. The van der Waals surface area contributed by atoms with Gasteiger partial charge in [0.2, 0.25) is 5.95 Å². The van der Waals surface area contributed by atoms with Gasteiger partial charge in [-0.15, -0.1) is 10.2 Å². The molecule has 4 N–H and O–H groups in total. The van der Waals surface area contributed by atoms with Gasteiger partial charge in [-0.05, 0) is 18.2 Å². The summed E-state index contributed by atoms with van der Waals surface area (Å²) in [6, 6.07) is 5.16. The van der Waals surface area contributed by atoms with Crippen molar-refractivity contribution in [3.63, 3.8) is 0 Å². The Morgan fingerprint density at radius 2 is 2.04 bits per heavy atom. The molecule has 4 rings (SSSR count). The summed E-state index contributed by atoms with van der Waals surface area (Å²) in [6.07, 6.45) is 1.54. The van der Waals surface area contributed by atoms with Crippen molar-refractivity contribution in [2.45, 2.75) is 0 Å². The molecule has 0 aromatic carbocycles. The highest BCUT2D eigenvalue weighted by Gasteiger charge is 2.18. The lowest BCUT2D eigenvalue weighted by Crippen LogP contribution is -2.47. The highest BCUT2D eigenvalue weighted by molar-refractivity contribution is 5.92. The number of nitrogens with zero attached hydrogens (tertiary/aromatic N) is 6. The monoisotopic (exact) mass is 384 g/mol. The highest BCUT2D eigenvalue weighted by Crippen LogP contribution is 2.18. The number of hydrogen-bond acceptors (Lipinski definition) is 9. The first-order valence-corrected chi connectivity index (χ1v) is 8.90. The van der Waals surface area contributed by atoms with Gasteiger partial charge in [-0.2, -0.15) is 4.98 Å². The standard InChI is InChI=1S/C17H20N8O3/c26-8-7-24-3-5-25(6-4-24)14-2-1-13(22-23-14)20-17-18-10-11-9-12(16(27)28)19-15(11)21-17/h1-2,9-10,26H,3-8H2,(H,27,28)(H2,18,19,20,21,22). The largest absolute Gasteiger partial charge is 0.477 e. The molecule has 11 heteroatoms. The van der Waals surface area contributed by atoms with Gasteiger partial charge in [0, 0.05) is 44.3 Å². The third-order valence-corrected chi connectivity index (χ3v) is 4.60. The first-order valence-electron chi connectivity index (χ1n) is 8.90. The van der Waals surface area contributed by atoms with Gasteiger partial charge in [0.25, 0.3) is 0 Å². The molecular weight excluding hydrogens is 364 g/mol. The van der Waals surface area contributed by atoms with Crippen LogP contribution >= 0.6 is 0 Å². The van der Waals surface area contributed by atoms with Gasteiger partial charge >= 0.3 is 5.97 Å². The second kappa shape index (κ2) is 7.74. The first-order chi connectivity index (χ1) is 13.6. The Bertz CT molecular complexity index is 966. The summed E-state index contributed by atoms with van der Waals surface area (Å²) in [5, 5.41) is 30.1. The molecule has 3 aromatic heterocycles. The van der Waals surface area contributed by atoms with Crippen LogP contribution in [0.1, 0.15) is 10.5 Å². The lowest BCUT2D eigenvalue weighted by atomic mass is 10.3. The maximum atomic E-state index is 11.0. The average Bonchev–Trinajstić information content (AvgIpc) is 3.13. The van der Waals surface area contributed by atoms with Gasteiger partial charge < -0.3 is 25.4 Å². The van der Waals surface area contributed by atoms with Crippen molar-refractivity contribution < 1.29 is 15.0 Å². The molecule has 0 aliphatic carbocycles.